The van der Waals surface area contributed by atoms with Crippen molar-refractivity contribution in [1.29, 1.82) is 0 Å². The van der Waals surface area contributed by atoms with E-state index in [1.165, 1.54) is 35.2 Å². The van der Waals surface area contributed by atoms with Crippen molar-refractivity contribution in [1.82, 2.24) is 14.5 Å². The highest BCUT2D eigenvalue weighted by molar-refractivity contribution is 7.92. The molecular weight excluding hydrogens is 284 g/mol. The first-order valence-electron chi connectivity index (χ1n) is 5.59. The van der Waals surface area contributed by atoms with Gasteiger partial charge in [0.05, 0.1) is 10.4 Å². The molecule has 0 aliphatic heterocycles. The van der Waals surface area contributed by atoms with Crippen molar-refractivity contribution in [3.63, 3.8) is 0 Å². The van der Waals surface area contributed by atoms with Gasteiger partial charge in [0.2, 0.25) is 5.95 Å². The number of aromatic nitrogens is 3. The summed E-state index contributed by atoms with van der Waals surface area (Å²) in [5, 5.41) is 0. The fourth-order valence-electron chi connectivity index (χ4n) is 1.79. The molecule has 9 heteroatoms. The smallest absolute Gasteiger partial charge is 0.408 e. The second-order valence-electron chi connectivity index (χ2n) is 4.10. The van der Waals surface area contributed by atoms with E-state index in [0.29, 0.717) is 5.52 Å². The summed E-state index contributed by atoms with van der Waals surface area (Å²) in [5.41, 5.74) is 0.728. The van der Waals surface area contributed by atoms with Crippen LogP contribution >= 0.6 is 0 Å². The highest BCUT2D eigenvalue weighted by Crippen LogP contribution is 2.19. The van der Waals surface area contributed by atoms with Crippen LogP contribution in [0.3, 0.4) is 0 Å². The number of aromatic amines is 1. The quantitative estimate of drug-likeness (QED) is 0.737. The van der Waals surface area contributed by atoms with E-state index in [-0.39, 0.29) is 16.4 Å². The molecule has 0 radical (unpaired) electrons. The number of fused-ring (bicyclic) bond motifs is 1. The summed E-state index contributed by atoms with van der Waals surface area (Å²) in [6, 6.07) is 4.20. The number of sulfonamides is 1. The largest absolute Gasteiger partial charge is 0.419 e. The summed E-state index contributed by atoms with van der Waals surface area (Å²) < 4.78 is 32.8. The van der Waals surface area contributed by atoms with E-state index in [4.69, 9.17) is 4.42 Å². The third-order valence-electron chi connectivity index (χ3n) is 2.80. The van der Waals surface area contributed by atoms with Gasteiger partial charge in [-0.05, 0) is 12.1 Å². The molecule has 104 valence electrons. The van der Waals surface area contributed by atoms with Crippen LogP contribution in [-0.2, 0) is 17.1 Å². The molecular formula is C11H10N4O4S. The Hall–Kier alpha value is -2.55. The van der Waals surface area contributed by atoms with E-state index in [9.17, 15) is 13.2 Å². The Morgan fingerprint density at radius 2 is 2.20 bits per heavy atom. The summed E-state index contributed by atoms with van der Waals surface area (Å²) in [7, 11) is -2.25. The van der Waals surface area contributed by atoms with E-state index in [1.807, 2.05) is 0 Å². The summed E-state index contributed by atoms with van der Waals surface area (Å²) in [6.45, 7) is 0. The van der Waals surface area contributed by atoms with Crippen molar-refractivity contribution in [2.24, 2.45) is 7.05 Å². The van der Waals surface area contributed by atoms with Gasteiger partial charge < -0.3 is 9.40 Å². The van der Waals surface area contributed by atoms with Gasteiger partial charge in [-0.3, -0.25) is 4.57 Å². The summed E-state index contributed by atoms with van der Waals surface area (Å²) in [4.78, 5) is 17.8. The molecule has 0 aliphatic carbocycles. The van der Waals surface area contributed by atoms with Crippen LogP contribution in [0.15, 0.2) is 44.7 Å². The summed E-state index contributed by atoms with van der Waals surface area (Å²) in [6.07, 6.45) is 2.93. The standard InChI is InChI=1S/C11H10N4O4S/c1-15-8-3-2-7(6-9(8)19-11(15)16)20(17,18)14-10-12-4-5-13-10/h2-6H,1H3,(H2,12,13,14). The third kappa shape index (κ3) is 1.97. The van der Waals surface area contributed by atoms with Crippen LogP contribution in [0, 0.1) is 0 Å². The van der Waals surface area contributed by atoms with Crippen LogP contribution in [0.1, 0.15) is 0 Å². The minimum Gasteiger partial charge on any atom is -0.408 e. The molecule has 0 unspecified atom stereocenters. The zero-order valence-corrected chi connectivity index (χ0v) is 11.1. The van der Waals surface area contributed by atoms with Crippen LogP contribution in [0.25, 0.3) is 11.1 Å². The first-order chi connectivity index (χ1) is 9.47. The van der Waals surface area contributed by atoms with Crippen LogP contribution in [0.5, 0.6) is 0 Å². The Morgan fingerprint density at radius 3 is 2.90 bits per heavy atom. The van der Waals surface area contributed by atoms with Crippen molar-refractivity contribution in [3.05, 3.63) is 41.1 Å². The first-order valence-corrected chi connectivity index (χ1v) is 7.07. The second-order valence-corrected chi connectivity index (χ2v) is 5.78. The monoisotopic (exact) mass is 294 g/mol. The number of rotatable bonds is 3. The lowest BCUT2D eigenvalue weighted by Crippen LogP contribution is -2.13. The maximum absolute atomic E-state index is 12.1. The number of anilines is 1. The number of benzene rings is 1. The number of oxazole rings is 1. The molecule has 2 N–H and O–H groups in total. The van der Waals surface area contributed by atoms with E-state index >= 15 is 0 Å². The van der Waals surface area contributed by atoms with Gasteiger partial charge >= 0.3 is 5.76 Å². The molecule has 8 nitrogen and oxygen atoms in total. The van der Waals surface area contributed by atoms with Gasteiger partial charge in [-0.15, -0.1) is 0 Å². The molecule has 1 aromatic carbocycles. The van der Waals surface area contributed by atoms with Crippen LogP contribution < -0.4 is 10.5 Å². The minimum absolute atomic E-state index is 0.0178. The Morgan fingerprint density at radius 1 is 1.40 bits per heavy atom. The van der Waals surface area contributed by atoms with Gasteiger partial charge in [0, 0.05) is 25.5 Å². The molecule has 0 aliphatic rings. The van der Waals surface area contributed by atoms with Crippen LogP contribution in [0.2, 0.25) is 0 Å². The Balaban J connectivity index is 2.07. The Kier molecular flexibility index (Phi) is 2.64. The molecule has 0 bridgehead atoms. The van der Waals surface area contributed by atoms with Crippen LogP contribution in [-0.4, -0.2) is 23.0 Å². The molecule has 20 heavy (non-hydrogen) atoms. The maximum Gasteiger partial charge on any atom is 0.419 e. The van der Waals surface area contributed by atoms with Crippen molar-refractivity contribution < 1.29 is 12.8 Å². The number of nitrogens with one attached hydrogen (secondary N) is 2. The summed E-state index contributed by atoms with van der Waals surface area (Å²) >= 11 is 0. The maximum atomic E-state index is 12.1. The molecule has 2 heterocycles. The molecule has 0 saturated heterocycles. The lowest BCUT2D eigenvalue weighted by atomic mass is 10.3. The Bertz CT molecular complexity index is 921. The van der Waals surface area contributed by atoms with Crippen molar-refractivity contribution in [2.75, 3.05) is 4.72 Å². The molecule has 0 spiro atoms. The number of nitrogens with zero attached hydrogens (tertiary/aromatic N) is 2. The molecule has 3 aromatic rings. The zero-order chi connectivity index (χ0) is 14.3. The average molecular weight is 294 g/mol. The predicted molar refractivity (Wildman–Crippen MR) is 70.9 cm³/mol. The molecule has 0 fully saturated rings. The number of hydrogen-bond acceptors (Lipinski definition) is 5. The van der Waals surface area contributed by atoms with Gasteiger partial charge in [0.1, 0.15) is 0 Å². The molecule has 2 aromatic heterocycles. The second kappa shape index (κ2) is 4.23. The molecule has 3 rings (SSSR count). The number of hydrogen-bond donors (Lipinski definition) is 2. The van der Waals surface area contributed by atoms with E-state index in [0.717, 1.165) is 0 Å². The highest BCUT2D eigenvalue weighted by atomic mass is 32.2. The van der Waals surface area contributed by atoms with Crippen molar-refractivity contribution >= 4 is 27.1 Å². The highest BCUT2D eigenvalue weighted by Gasteiger charge is 2.17. The van der Waals surface area contributed by atoms with Crippen LogP contribution in [0.4, 0.5) is 5.95 Å². The number of aryl methyl sites for hydroxylation is 1. The lowest BCUT2D eigenvalue weighted by Gasteiger charge is -2.04. The van der Waals surface area contributed by atoms with Gasteiger partial charge in [0.25, 0.3) is 10.0 Å². The number of imidazole rings is 1. The van der Waals surface area contributed by atoms with E-state index in [2.05, 4.69) is 14.7 Å². The molecule has 0 atom stereocenters. The first kappa shape index (κ1) is 12.5. The van der Waals surface area contributed by atoms with Gasteiger partial charge in [-0.25, -0.2) is 22.9 Å². The topological polar surface area (TPSA) is 110 Å². The normalized spacial score (nSPS) is 11.8. The van der Waals surface area contributed by atoms with Crippen molar-refractivity contribution in [2.45, 2.75) is 4.90 Å². The van der Waals surface area contributed by atoms with Crippen molar-refractivity contribution in [3.8, 4) is 0 Å². The average Bonchev–Trinajstić information content (AvgIpc) is 2.98. The zero-order valence-electron chi connectivity index (χ0n) is 10.3. The number of H-pyrrole nitrogens is 1. The SMILES string of the molecule is Cn1c(=O)oc2cc(S(=O)(=O)Nc3ncc[nH]3)ccc21. The molecule has 0 saturated carbocycles. The van der Waals surface area contributed by atoms with E-state index < -0.39 is 15.8 Å². The summed E-state index contributed by atoms with van der Waals surface area (Å²) in [5.74, 6) is -0.437. The minimum atomic E-state index is -3.79. The van der Waals surface area contributed by atoms with Gasteiger partial charge in [0.15, 0.2) is 5.58 Å². The van der Waals surface area contributed by atoms with Gasteiger partial charge in [-0.2, -0.15) is 0 Å². The lowest BCUT2D eigenvalue weighted by molar-refractivity contribution is 0.527. The Labute approximate surface area is 113 Å². The third-order valence-corrected chi connectivity index (χ3v) is 4.14. The fourth-order valence-corrected chi connectivity index (χ4v) is 2.78. The predicted octanol–water partition coefficient (Wildman–Crippen LogP) is 0.655. The fraction of sp³-hybridized carbons (Fsp3) is 0.0909. The molecule has 0 amide bonds. The van der Waals surface area contributed by atoms with Gasteiger partial charge in [-0.1, -0.05) is 0 Å². The van der Waals surface area contributed by atoms with E-state index in [1.54, 1.807) is 7.05 Å².